The summed E-state index contributed by atoms with van der Waals surface area (Å²) in [5.41, 5.74) is 2.39. The van der Waals surface area contributed by atoms with Crippen LogP contribution in [0.2, 0.25) is 0 Å². The van der Waals surface area contributed by atoms with E-state index in [1.807, 2.05) is 31.4 Å². The van der Waals surface area contributed by atoms with E-state index < -0.39 is 4.92 Å². The van der Waals surface area contributed by atoms with Gasteiger partial charge in [0, 0.05) is 27.8 Å². The van der Waals surface area contributed by atoms with E-state index in [0.717, 1.165) is 10.5 Å². The minimum Gasteiger partial charge on any atom is -0.322 e. The first kappa shape index (κ1) is 16.0. The van der Waals surface area contributed by atoms with Crippen LogP contribution in [0.3, 0.4) is 0 Å². The third-order valence-corrected chi connectivity index (χ3v) is 4.08. The number of nitrogens with one attached hydrogen (secondary N) is 1. The molecule has 0 radical (unpaired) electrons. The average molecular weight is 316 g/mol. The summed E-state index contributed by atoms with van der Waals surface area (Å²) in [6.45, 7) is 3.52. The molecule has 5 nitrogen and oxygen atoms in total. The van der Waals surface area contributed by atoms with Crippen LogP contribution in [0.15, 0.2) is 41.3 Å². The lowest BCUT2D eigenvalue weighted by atomic mass is 10.1. The van der Waals surface area contributed by atoms with E-state index >= 15 is 0 Å². The Morgan fingerprint density at radius 3 is 2.45 bits per heavy atom. The summed E-state index contributed by atoms with van der Waals surface area (Å²) >= 11 is 1.55. The van der Waals surface area contributed by atoms with Gasteiger partial charge >= 0.3 is 0 Å². The smallest absolute Gasteiger partial charge is 0.274 e. The normalized spacial score (nSPS) is 10.3. The lowest BCUT2D eigenvalue weighted by molar-refractivity contribution is -0.385. The fourth-order valence-electron chi connectivity index (χ4n) is 2.05. The molecule has 0 atom stereocenters. The number of benzene rings is 2. The average Bonchev–Trinajstić information content (AvgIpc) is 2.49. The second-order valence-electron chi connectivity index (χ2n) is 4.89. The lowest BCUT2D eigenvalue weighted by Gasteiger charge is -2.09. The Kier molecular flexibility index (Phi) is 4.82. The van der Waals surface area contributed by atoms with E-state index in [1.54, 1.807) is 30.8 Å². The molecule has 1 N–H and O–H groups in total. The molecule has 0 saturated carbocycles. The number of anilines is 1. The van der Waals surface area contributed by atoms with Gasteiger partial charge in [-0.05, 0) is 43.9 Å². The summed E-state index contributed by atoms with van der Waals surface area (Å²) in [7, 11) is 0. The highest BCUT2D eigenvalue weighted by molar-refractivity contribution is 7.98. The summed E-state index contributed by atoms with van der Waals surface area (Å²) in [4.78, 5) is 23.9. The van der Waals surface area contributed by atoms with Gasteiger partial charge in [-0.25, -0.2) is 0 Å². The molecule has 0 fully saturated rings. The Labute approximate surface area is 132 Å². The predicted octanol–water partition coefficient (Wildman–Crippen LogP) is 4.19. The fraction of sp³-hybridized carbons (Fsp3) is 0.188. The fourth-order valence-corrected chi connectivity index (χ4v) is 2.49. The predicted molar refractivity (Wildman–Crippen MR) is 88.7 cm³/mol. The second kappa shape index (κ2) is 6.62. The Morgan fingerprint density at radius 2 is 1.82 bits per heavy atom. The Balaban J connectivity index is 2.29. The SMILES string of the molecule is CSc1ccc(C)c(C(=O)Nc2ccc(C)c([N+](=O)[O-])c2)c1. The number of nitrogens with zero attached hydrogens (tertiary/aromatic N) is 1. The van der Waals surface area contributed by atoms with Gasteiger partial charge in [0.15, 0.2) is 0 Å². The first-order valence-corrected chi connectivity index (χ1v) is 7.86. The number of rotatable bonds is 4. The van der Waals surface area contributed by atoms with Crippen LogP contribution in [-0.2, 0) is 0 Å². The molecule has 0 aliphatic heterocycles. The molecular weight excluding hydrogens is 300 g/mol. The van der Waals surface area contributed by atoms with Gasteiger partial charge in [0.25, 0.3) is 11.6 Å². The molecule has 22 heavy (non-hydrogen) atoms. The number of aryl methyl sites for hydroxylation is 2. The Bertz CT molecular complexity index is 744. The van der Waals surface area contributed by atoms with Gasteiger partial charge in [-0.1, -0.05) is 12.1 Å². The molecule has 0 bridgehead atoms. The first-order chi connectivity index (χ1) is 10.4. The van der Waals surface area contributed by atoms with Crippen molar-refractivity contribution in [3.05, 3.63) is 63.2 Å². The molecule has 0 saturated heterocycles. The molecule has 0 aromatic heterocycles. The summed E-state index contributed by atoms with van der Waals surface area (Å²) in [5.74, 6) is -0.272. The largest absolute Gasteiger partial charge is 0.322 e. The van der Waals surface area contributed by atoms with E-state index in [9.17, 15) is 14.9 Å². The van der Waals surface area contributed by atoms with Crippen molar-refractivity contribution in [2.75, 3.05) is 11.6 Å². The van der Waals surface area contributed by atoms with E-state index in [4.69, 9.17) is 0 Å². The maximum atomic E-state index is 12.4. The minimum atomic E-state index is -0.454. The van der Waals surface area contributed by atoms with Gasteiger partial charge in [-0.3, -0.25) is 14.9 Å². The number of thioether (sulfide) groups is 1. The highest BCUT2D eigenvalue weighted by Gasteiger charge is 2.14. The lowest BCUT2D eigenvalue weighted by Crippen LogP contribution is -2.13. The number of nitro benzene ring substituents is 1. The molecule has 2 rings (SSSR count). The van der Waals surface area contributed by atoms with Crippen LogP contribution in [0, 0.1) is 24.0 Å². The van der Waals surface area contributed by atoms with Gasteiger partial charge in [-0.15, -0.1) is 11.8 Å². The summed E-state index contributed by atoms with van der Waals surface area (Å²) in [6, 6.07) is 10.3. The molecule has 6 heteroatoms. The van der Waals surface area contributed by atoms with Gasteiger partial charge in [0.2, 0.25) is 0 Å². The van der Waals surface area contributed by atoms with Crippen molar-refractivity contribution in [1.29, 1.82) is 0 Å². The topological polar surface area (TPSA) is 72.2 Å². The Hall–Kier alpha value is -2.34. The van der Waals surface area contributed by atoms with Crippen LogP contribution in [-0.4, -0.2) is 17.1 Å². The molecule has 1 amide bonds. The molecule has 0 aliphatic carbocycles. The zero-order chi connectivity index (χ0) is 16.3. The minimum absolute atomic E-state index is 0.00705. The molecule has 2 aromatic rings. The third kappa shape index (κ3) is 3.46. The van der Waals surface area contributed by atoms with Gasteiger partial charge < -0.3 is 5.32 Å². The Morgan fingerprint density at radius 1 is 1.14 bits per heavy atom. The number of nitro groups is 1. The molecule has 0 unspecified atom stereocenters. The third-order valence-electron chi connectivity index (χ3n) is 3.35. The summed E-state index contributed by atoms with van der Waals surface area (Å²) < 4.78 is 0. The van der Waals surface area contributed by atoms with Crippen LogP contribution in [0.25, 0.3) is 0 Å². The molecular formula is C16H16N2O3S. The van der Waals surface area contributed by atoms with Gasteiger partial charge in [0.05, 0.1) is 4.92 Å². The van der Waals surface area contributed by atoms with Crippen molar-refractivity contribution in [3.8, 4) is 0 Å². The van der Waals surface area contributed by atoms with E-state index in [0.29, 0.717) is 16.8 Å². The second-order valence-corrected chi connectivity index (χ2v) is 5.77. The monoisotopic (exact) mass is 316 g/mol. The summed E-state index contributed by atoms with van der Waals surface area (Å²) in [5, 5.41) is 13.7. The number of amides is 1. The molecule has 114 valence electrons. The number of hydrogen-bond acceptors (Lipinski definition) is 4. The number of hydrogen-bond donors (Lipinski definition) is 1. The van der Waals surface area contributed by atoms with Gasteiger partial charge in [-0.2, -0.15) is 0 Å². The quantitative estimate of drug-likeness (QED) is 0.521. The van der Waals surface area contributed by atoms with Crippen LogP contribution >= 0.6 is 11.8 Å². The first-order valence-electron chi connectivity index (χ1n) is 6.63. The maximum absolute atomic E-state index is 12.4. The van der Waals surface area contributed by atoms with Crippen molar-refractivity contribution < 1.29 is 9.72 Å². The highest BCUT2D eigenvalue weighted by atomic mass is 32.2. The molecule has 0 spiro atoms. The van der Waals surface area contributed by atoms with Gasteiger partial charge in [0.1, 0.15) is 0 Å². The highest BCUT2D eigenvalue weighted by Crippen LogP contribution is 2.24. The van der Waals surface area contributed by atoms with E-state index in [2.05, 4.69) is 5.32 Å². The van der Waals surface area contributed by atoms with E-state index in [1.165, 1.54) is 6.07 Å². The summed E-state index contributed by atoms with van der Waals surface area (Å²) in [6.07, 6.45) is 1.94. The number of carbonyl (C=O) groups excluding carboxylic acids is 1. The van der Waals surface area contributed by atoms with Crippen LogP contribution in [0.1, 0.15) is 21.5 Å². The zero-order valence-corrected chi connectivity index (χ0v) is 13.4. The zero-order valence-electron chi connectivity index (χ0n) is 12.5. The maximum Gasteiger partial charge on any atom is 0.274 e. The molecule has 0 heterocycles. The molecule has 0 aliphatic rings. The molecule has 2 aromatic carbocycles. The van der Waals surface area contributed by atoms with Crippen molar-refractivity contribution in [1.82, 2.24) is 0 Å². The van der Waals surface area contributed by atoms with Crippen LogP contribution < -0.4 is 5.32 Å². The van der Waals surface area contributed by atoms with Crippen LogP contribution in [0.5, 0.6) is 0 Å². The van der Waals surface area contributed by atoms with Crippen molar-refractivity contribution >= 4 is 29.0 Å². The van der Waals surface area contributed by atoms with Crippen molar-refractivity contribution in [2.24, 2.45) is 0 Å². The standard InChI is InChI=1S/C16H16N2O3S/c1-10-5-7-13(22-3)9-14(10)16(19)17-12-6-4-11(2)15(8-12)18(20)21/h4-9H,1-3H3,(H,17,19). The van der Waals surface area contributed by atoms with E-state index in [-0.39, 0.29) is 11.6 Å². The van der Waals surface area contributed by atoms with Crippen molar-refractivity contribution in [3.63, 3.8) is 0 Å². The number of carbonyl (C=O) groups is 1. The van der Waals surface area contributed by atoms with Crippen molar-refractivity contribution in [2.45, 2.75) is 18.7 Å². The van der Waals surface area contributed by atoms with Crippen LogP contribution in [0.4, 0.5) is 11.4 Å².